The molecular formula is C15H18ClF3N2O2. The number of halogens is 4. The van der Waals surface area contributed by atoms with E-state index in [1.54, 1.807) is 0 Å². The number of hydrogen-bond donors (Lipinski definition) is 2. The second-order valence-electron chi connectivity index (χ2n) is 4.97. The Morgan fingerprint density at radius 3 is 2.35 bits per heavy atom. The summed E-state index contributed by atoms with van der Waals surface area (Å²) in [5.41, 5.74) is -1.44. The molecule has 0 bridgehead atoms. The largest absolute Gasteiger partial charge is 0.418 e. The molecule has 0 atom stereocenters. The Balaban J connectivity index is 2.74. The van der Waals surface area contributed by atoms with Crippen molar-refractivity contribution in [1.82, 2.24) is 5.32 Å². The summed E-state index contributed by atoms with van der Waals surface area (Å²) in [6.07, 6.45) is -3.40. The quantitative estimate of drug-likeness (QED) is 0.818. The molecular weight excluding hydrogens is 333 g/mol. The van der Waals surface area contributed by atoms with E-state index in [1.165, 1.54) is 6.07 Å². The smallest absolute Gasteiger partial charge is 0.347 e. The molecule has 2 N–H and O–H groups in total. The number of rotatable bonds is 6. The van der Waals surface area contributed by atoms with Gasteiger partial charge in [-0.25, -0.2) is 0 Å². The molecule has 0 heterocycles. The highest BCUT2D eigenvalue weighted by atomic mass is 35.5. The van der Waals surface area contributed by atoms with Crippen LogP contribution in [0.15, 0.2) is 18.2 Å². The first kappa shape index (κ1) is 19.3. The third-order valence-electron chi connectivity index (χ3n) is 3.34. The lowest BCUT2D eigenvalue weighted by molar-refractivity contribution is -0.137. The normalized spacial score (nSPS) is 11.4. The molecule has 0 fully saturated rings. The van der Waals surface area contributed by atoms with Crippen molar-refractivity contribution < 1.29 is 22.8 Å². The molecule has 1 aromatic carbocycles. The summed E-state index contributed by atoms with van der Waals surface area (Å²) in [6, 6.07) is 3.06. The SMILES string of the molecule is CCC(CC)C(=O)NCC(=O)Nc1ccc(Cl)cc1C(F)(F)F. The molecule has 0 aliphatic carbocycles. The average Bonchev–Trinajstić information content (AvgIpc) is 2.47. The number of carbonyl (C=O) groups excluding carboxylic acids is 2. The number of amides is 2. The highest BCUT2D eigenvalue weighted by molar-refractivity contribution is 6.30. The van der Waals surface area contributed by atoms with E-state index in [0.717, 1.165) is 12.1 Å². The molecule has 0 unspecified atom stereocenters. The summed E-state index contributed by atoms with van der Waals surface area (Å²) in [7, 11) is 0. The van der Waals surface area contributed by atoms with Crippen molar-refractivity contribution in [3.8, 4) is 0 Å². The van der Waals surface area contributed by atoms with Gasteiger partial charge < -0.3 is 10.6 Å². The van der Waals surface area contributed by atoms with Gasteiger partial charge in [0.15, 0.2) is 0 Å². The lowest BCUT2D eigenvalue weighted by Crippen LogP contribution is -2.36. The van der Waals surface area contributed by atoms with E-state index < -0.39 is 29.9 Å². The van der Waals surface area contributed by atoms with Crippen LogP contribution in [-0.4, -0.2) is 18.4 Å². The summed E-state index contributed by atoms with van der Waals surface area (Å²) in [5, 5.41) is 4.47. The Hall–Kier alpha value is -1.76. The lowest BCUT2D eigenvalue weighted by atomic mass is 10.0. The number of alkyl halides is 3. The first-order chi connectivity index (χ1) is 10.7. The van der Waals surface area contributed by atoms with Crippen LogP contribution >= 0.6 is 11.6 Å². The van der Waals surface area contributed by atoms with E-state index >= 15 is 0 Å². The Bertz CT molecular complexity index is 572. The lowest BCUT2D eigenvalue weighted by Gasteiger charge is -2.15. The molecule has 0 saturated heterocycles. The van der Waals surface area contributed by atoms with Gasteiger partial charge in [-0.1, -0.05) is 25.4 Å². The van der Waals surface area contributed by atoms with Gasteiger partial charge in [0.25, 0.3) is 0 Å². The minimum atomic E-state index is -4.65. The van der Waals surface area contributed by atoms with E-state index in [0.29, 0.717) is 12.8 Å². The van der Waals surface area contributed by atoms with Gasteiger partial charge >= 0.3 is 6.18 Å². The van der Waals surface area contributed by atoms with Crippen LogP contribution in [0.1, 0.15) is 32.3 Å². The van der Waals surface area contributed by atoms with Crippen LogP contribution in [0.4, 0.5) is 18.9 Å². The second-order valence-corrected chi connectivity index (χ2v) is 5.40. The molecule has 0 saturated carbocycles. The maximum Gasteiger partial charge on any atom is 0.418 e. The number of anilines is 1. The van der Waals surface area contributed by atoms with Gasteiger partial charge in [-0.3, -0.25) is 9.59 Å². The zero-order chi connectivity index (χ0) is 17.6. The minimum Gasteiger partial charge on any atom is -0.347 e. The van der Waals surface area contributed by atoms with Gasteiger partial charge in [-0.15, -0.1) is 0 Å². The molecule has 0 aromatic heterocycles. The van der Waals surface area contributed by atoms with Crippen molar-refractivity contribution in [1.29, 1.82) is 0 Å². The van der Waals surface area contributed by atoms with Gasteiger partial charge in [-0.05, 0) is 31.0 Å². The topological polar surface area (TPSA) is 58.2 Å². The van der Waals surface area contributed by atoms with Gasteiger partial charge in [0, 0.05) is 10.9 Å². The Kier molecular flexibility index (Phi) is 6.87. The fraction of sp³-hybridized carbons (Fsp3) is 0.467. The monoisotopic (exact) mass is 350 g/mol. The van der Waals surface area contributed by atoms with E-state index in [-0.39, 0.29) is 16.8 Å². The second kappa shape index (κ2) is 8.19. The molecule has 0 radical (unpaired) electrons. The highest BCUT2D eigenvalue weighted by Crippen LogP contribution is 2.36. The standard InChI is InChI=1S/C15H18ClF3N2O2/c1-3-9(4-2)14(23)20-8-13(22)21-12-6-5-10(16)7-11(12)15(17,18)19/h5-7,9H,3-4,8H2,1-2H3,(H,20,23)(H,21,22). The van der Waals surface area contributed by atoms with E-state index in [1.807, 2.05) is 13.8 Å². The van der Waals surface area contributed by atoms with Crippen molar-refractivity contribution in [3.05, 3.63) is 28.8 Å². The summed E-state index contributed by atoms with van der Waals surface area (Å²) in [4.78, 5) is 23.5. The van der Waals surface area contributed by atoms with E-state index in [2.05, 4.69) is 10.6 Å². The Morgan fingerprint density at radius 1 is 1.22 bits per heavy atom. The van der Waals surface area contributed by atoms with Crippen molar-refractivity contribution in [2.45, 2.75) is 32.9 Å². The van der Waals surface area contributed by atoms with Gasteiger partial charge in [0.2, 0.25) is 11.8 Å². The fourth-order valence-electron chi connectivity index (χ4n) is 2.03. The molecule has 0 aliphatic rings. The minimum absolute atomic E-state index is 0.0858. The first-order valence-electron chi connectivity index (χ1n) is 7.13. The van der Waals surface area contributed by atoms with Crippen LogP contribution in [0.5, 0.6) is 0 Å². The third kappa shape index (κ3) is 5.74. The maximum atomic E-state index is 12.9. The molecule has 0 spiro atoms. The maximum absolute atomic E-state index is 12.9. The van der Waals surface area contributed by atoms with Crippen LogP contribution in [0.25, 0.3) is 0 Å². The molecule has 4 nitrogen and oxygen atoms in total. The summed E-state index contributed by atoms with van der Waals surface area (Å²) < 4.78 is 38.7. The van der Waals surface area contributed by atoms with Crippen LogP contribution in [0, 0.1) is 5.92 Å². The average molecular weight is 351 g/mol. The molecule has 23 heavy (non-hydrogen) atoms. The highest BCUT2D eigenvalue weighted by Gasteiger charge is 2.34. The van der Waals surface area contributed by atoms with Crippen LogP contribution in [0.3, 0.4) is 0 Å². The van der Waals surface area contributed by atoms with Crippen molar-refractivity contribution in [2.24, 2.45) is 5.92 Å². The van der Waals surface area contributed by atoms with Crippen molar-refractivity contribution in [2.75, 3.05) is 11.9 Å². The molecule has 128 valence electrons. The molecule has 2 amide bonds. The number of hydrogen-bond acceptors (Lipinski definition) is 2. The number of carbonyl (C=O) groups is 2. The molecule has 8 heteroatoms. The van der Waals surface area contributed by atoms with Crippen LogP contribution in [0.2, 0.25) is 5.02 Å². The zero-order valence-electron chi connectivity index (χ0n) is 12.8. The van der Waals surface area contributed by atoms with Crippen LogP contribution < -0.4 is 10.6 Å². The number of nitrogens with one attached hydrogen (secondary N) is 2. The predicted octanol–water partition coefficient (Wildman–Crippen LogP) is 3.85. The number of benzene rings is 1. The first-order valence-corrected chi connectivity index (χ1v) is 7.51. The predicted molar refractivity (Wildman–Crippen MR) is 82.2 cm³/mol. The third-order valence-corrected chi connectivity index (χ3v) is 3.58. The fourth-order valence-corrected chi connectivity index (χ4v) is 2.20. The zero-order valence-corrected chi connectivity index (χ0v) is 13.5. The van der Waals surface area contributed by atoms with E-state index in [9.17, 15) is 22.8 Å². The van der Waals surface area contributed by atoms with Crippen molar-refractivity contribution >= 4 is 29.1 Å². The summed E-state index contributed by atoms with van der Waals surface area (Å²) in [5.74, 6) is -1.25. The van der Waals surface area contributed by atoms with Gasteiger partial charge in [-0.2, -0.15) is 13.2 Å². The Labute approximate surface area is 137 Å². The van der Waals surface area contributed by atoms with E-state index in [4.69, 9.17) is 11.6 Å². The summed E-state index contributed by atoms with van der Waals surface area (Å²) in [6.45, 7) is 3.30. The molecule has 0 aliphatic heterocycles. The molecule has 1 aromatic rings. The van der Waals surface area contributed by atoms with Gasteiger partial charge in [0.05, 0.1) is 17.8 Å². The summed E-state index contributed by atoms with van der Waals surface area (Å²) >= 11 is 5.56. The van der Waals surface area contributed by atoms with Crippen molar-refractivity contribution in [3.63, 3.8) is 0 Å². The molecule has 1 rings (SSSR count). The Morgan fingerprint density at radius 2 is 1.83 bits per heavy atom. The van der Waals surface area contributed by atoms with Crippen LogP contribution in [-0.2, 0) is 15.8 Å². The van der Waals surface area contributed by atoms with Gasteiger partial charge in [0.1, 0.15) is 0 Å².